The van der Waals surface area contributed by atoms with Crippen molar-refractivity contribution in [3.05, 3.63) is 35.9 Å². The van der Waals surface area contributed by atoms with Crippen LogP contribution in [0.1, 0.15) is 11.5 Å². The van der Waals surface area contributed by atoms with Gasteiger partial charge in [0, 0.05) is 18.2 Å². The first-order valence-electron chi connectivity index (χ1n) is 4.65. The van der Waals surface area contributed by atoms with E-state index < -0.39 is 6.08 Å². The summed E-state index contributed by atoms with van der Waals surface area (Å²) in [6, 6.07) is 5.45. The predicted octanol–water partition coefficient (Wildman–Crippen LogP) is 2.98. The van der Waals surface area contributed by atoms with Crippen molar-refractivity contribution in [2.24, 2.45) is 0 Å². The Morgan fingerprint density at radius 1 is 1.53 bits per heavy atom. The van der Waals surface area contributed by atoms with Crippen molar-refractivity contribution < 1.29 is 13.5 Å². The van der Waals surface area contributed by atoms with E-state index in [-0.39, 0.29) is 5.92 Å². The minimum absolute atomic E-state index is 0.264. The van der Waals surface area contributed by atoms with Crippen LogP contribution in [0.25, 0.3) is 0 Å². The van der Waals surface area contributed by atoms with Gasteiger partial charge in [0.1, 0.15) is 5.75 Å². The molecule has 2 rings (SSSR count). The first-order chi connectivity index (χ1) is 7.20. The summed E-state index contributed by atoms with van der Waals surface area (Å²) in [4.78, 5) is 0. The fourth-order valence-corrected chi connectivity index (χ4v) is 1.77. The fraction of sp³-hybridized carbons (Fsp3) is 0.273. The number of nitrogens with one attached hydrogen (secondary N) is 1. The summed E-state index contributed by atoms with van der Waals surface area (Å²) in [5, 5.41) is 3.07. The van der Waals surface area contributed by atoms with E-state index in [1.165, 1.54) is 0 Å². The highest BCUT2D eigenvalue weighted by Crippen LogP contribution is 2.35. The Morgan fingerprint density at radius 2 is 2.33 bits per heavy atom. The van der Waals surface area contributed by atoms with Gasteiger partial charge in [-0.15, -0.1) is 0 Å². The molecule has 0 radical (unpaired) electrons. The van der Waals surface area contributed by atoms with Crippen molar-refractivity contribution in [1.82, 2.24) is 0 Å². The third kappa shape index (κ3) is 1.93. The maximum absolute atomic E-state index is 12.2. The van der Waals surface area contributed by atoms with Crippen LogP contribution in [0.15, 0.2) is 30.4 Å². The molecule has 0 aliphatic carbocycles. The third-order valence-electron chi connectivity index (χ3n) is 2.50. The summed E-state index contributed by atoms with van der Waals surface area (Å²) in [7, 11) is 1.56. The zero-order valence-electron chi connectivity index (χ0n) is 8.26. The molecule has 1 unspecified atom stereocenters. The molecule has 0 bridgehead atoms. The molecule has 0 aromatic heterocycles. The SMILES string of the molecule is COc1ccc2c(c1)C(C=C(F)F)CN2. The minimum atomic E-state index is -1.64. The number of halogens is 2. The van der Waals surface area contributed by atoms with E-state index in [2.05, 4.69) is 5.32 Å². The molecule has 4 heteroatoms. The molecule has 1 N–H and O–H groups in total. The molecular weight excluding hydrogens is 200 g/mol. The van der Waals surface area contributed by atoms with E-state index in [1.54, 1.807) is 13.2 Å². The van der Waals surface area contributed by atoms with Crippen LogP contribution in [0, 0.1) is 0 Å². The molecule has 1 aromatic rings. The Hall–Kier alpha value is -1.58. The molecule has 1 aliphatic heterocycles. The van der Waals surface area contributed by atoms with Gasteiger partial charge >= 0.3 is 0 Å². The molecule has 1 heterocycles. The molecule has 15 heavy (non-hydrogen) atoms. The number of ether oxygens (including phenoxy) is 1. The number of hydrogen-bond donors (Lipinski definition) is 1. The second kappa shape index (κ2) is 3.88. The van der Waals surface area contributed by atoms with E-state index in [1.807, 2.05) is 12.1 Å². The lowest BCUT2D eigenvalue weighted by Crippen LogP contribution is -1.98. The Morgan fingerprint density at radius 3 is 3.00 bits per heavy atom. The second-order valence-electron chi connectivity index (χ2n) is 3.40. The Balaban J connectivity index is 2.36. The molecule has 1 aromatic carbocycles. The van der Waals surface area contributed by atoms with E-state index in [9.17, 15) is 8.78 Å². The number of hydrogen-bond acceptors (Lipinski definition) is 2. The predicted molar refractivity (Wildman–Crippen MR) is 54.5 cm³/mol. The standard InChI is InChI=1S/C11H11F2NO/c1-15-8-2-3-10-9(5-8)7(6-14-10)4-11(12)13/h2-5,7,14H,6H2,1H3. The maximum Gasteiger partial charge on any atom is 0.267 e. The van der Waals surface area contributed by atoms with E-state index in [0.717, 1.165) is 17.3 Å². The van der Waals surface area contributed by atoms with Crippen LogP contribution in [0.4, 0.5) is 14.5 Å². The lowest BCUT2D eigenvalue weighted by Gasteiger charge is -2.05. The van der Waals surface area contributed by atoms with Crippen LogP contribution in [-0.4, -0.2) is 13.7 Å². The lowest BCUT2D eigenvalue weighted by atomic mass is 10.0. The summed E-state index contributed by atoms with van der Waals surface area (Å²) in [5.74, 6) is 0.426. The molecule has 1 atom stereocenters. The highest BCUT2D eigenvalue weighted by atomic mass is 19.3. The lowest BCUT2D eigenvalue weighted by molar-refractivity contribution is 0.412. The molecule has 1 aliphatic rings. The van der Waals surface area contributed by atoms with Gasteiger partial charge in [0.15, 0.2) is 0 Å². The molecule has 0 amide bonds. The summed E-state index contributed by atoms with van der Waals surface area (Å²) in [5.41, 5.74) is 1.76. The van der Waals surface area contributed by atoms with Crippen molar-refractivity contribution in [1.29, 1.82) is 0 Å². The van der Waals surface area contributed by atoms with Gasteiger partial charge in [0.25, 0.3) is 6.08 Å². The van der Waals surface area contributed by atoms with Gasteiger partial charge < -0.3 is 10.1 Å². The van der Waals surface area contributed by atoms with Crippen LogP contribution >= 0.6 is 0 Å². The normalized spacial score (nSPS) is 17.9. The highest BCUT2D eigenvalue weighted by Gasteiger charge is 2.21. The maximum atomic E-state index is 12.2. The monoisotopic (exact) mass is 211 g/mol. The average Bonchev–Trinajstić information content (AvgIpc) is 2.60. The smallest absolute Gasteiger partial charge is 0.267 e. The van der Waals surface area contributed by atoms with Crippen molar-refractivity contribution in [3.8, 4) is 5.75 Å². The quantitative estimate of drug-likeness (QED) is 0.811. The summed E-state index contributed by atoms with van der Waals surface area (Å²) >= 11 is 0. The minimum Gasteiger partial charge on any atom is -0.497 e. The van der Waals surface area contributed by atoms with Crippen molar-refractivity contribution in [2.45, 2.75) is 5.92 Å². The van der Waals surface area contributed by atoms with Crippen LogP contribution < -0.4 is 10.1 Å². The van der Waals surface area contributed by atoms with Crippen LogP contribution in [0.5, 0.6) is 5.75 Å². The van der Waals surface area contributed by atoms with Gasteiger partial charge in [0.2, 0.25) is 0 Å². The molecule has 0 fully saturated rings. The number of methoxy groups -OCH3 is 1. The number of benzene rings is 1. The van der Waals surface area contributed by atoms with Gasteiger partial charge in [-0.3, -0.25) is 0 Å². The fourth-order valence-electron chi connectivity index (χ4n) is 1.77. The van der Waals surface area contributed by atoms with Crippen molar-refractivity contribution in [2.75, 3.05) is 19.0 Å². The van der Waals surface area contributed by atoms with Crippen molar-refractivity contribution in [3.63, 3.8) is 0 Å². The molecule has 0 saturated heterocycles. The second-order valence-corrected chi connectivity index (χ2v) is 3.40. The van der Waals surface area contributed by atoms with Gasteiger partial charge in [-0.25, -0.2) is 0 Å². The topological polar surface area (TPSA) is 21.3 Å². The number of anilines is 1. The summed E-state index contributed by atoms with van der Waals surface area (Å²) < 4.78 is 29.4. The Labute approximate surface area is 86.6 Å². The highest BCUT2D eigenvalue weighted by molar-refractivity contribution is 5.61. The van der Waals surface area contributed by atoms with E-state index in [4.69, 9.17) is 4.74 Å². The third-order valence-corrected chi connectivity index (χ3v) is 2.50. The zero-order valence-corrected chi connectivity index (χ0v) is 8.26. The summed E-state index contributed by atoms with van der Waals surface area (Å²) in [6.07, 6.45) is -0.671. The van der Waals surface area contributed by atoms with Crippen LogP contribution in [0.3, 0.4) is 0 Å². The van der Waals surface area contributed by atoms with Crippen LogP contribution in [-0.2, 0) is 0 Å². The number of rotatable bonds is 2. The average molecular weight is 211 g/mol. The van der Waals surface area contributed by atoms with Crippen LogP contribution in [0.2, 0.25) is 0 Å². The zero-order chi connectivity index (χ0) is 10.8. The molecule has 2 nitrogen and oxygen atoms in total. The first-order valence-corrected chi connectivity index (χ1v) is 4.65. The molecular formula is C11H11F2NO. The van der Waals surface area contributed by atoms with E-state index >= 15 is 0 Å². The van der Waals surface area contributed by atoms with Crippen molar-refractivity contribution >= 4 is 5.69 Å². The largest absolute Gasteiger partial charge is 0.497 e. The molecule has 0 saturated carbocycles. The Kier molecular flexibility index (Phi) is 2.58. The van der Waals surface area contributed by atoms with Gasteiger partial charge in [-0.05, 0) is 29.8 Å². The van der Waals surface area contributed by atoms with Gasteiger partial charge in [-0.1, -0.05) is 0 Å². The first kappa shape index (κ1) is 9.96. The number of fused-ring (bicyclic) bond motifs is 1. The Bertz CT molecular complexity index is 400. The molecule has 0 spiro atoms. The van der Waals surface area contributed by atoms with E-state index in [0.29, 0.717) is 12.3 Å². The summed E-state index contributed by atoms with van der Waals surface area (Å²) in [6.45, 7) is 0.514. The van der Waals surface area contributed by atoms with Gasteiger partial charge in [-0.2, -0.15) is 8.78 Å². The van der Waals surface area contributed by atoms with Gasteiger partial charge in [0.05, 0.1) is 7.11 Å². The molecule has 80 valence electrons.